The van der Waals surface area contributed by atoms with Gasteiger partial charge in [0.15, 0.2) is 0 Å². The highest BCUT2D eigenvalue weighted by atomic mass is 32.2. The van der Waals surface area contributed by atoms with Gasteiger partial charge in [-0.3, -0.25) is 0 Å². The van der Waals surface area contributed by atoms with Crippen LogP contribution in [-0.2, 0) is 0 Å². The molecule has 0 N–H and O–H groups in total. The zero-order valence-electron chi connectivity index (χ0n) is 13.5. The van der Waals surface area contributed by atoms with Gasteiger partial charge in [0, 0.05) is 5.75 Å². The largest absolute Gasteiger partial charge is 0.497 e. The number of hydrogen-bond acceptors (Lipinski definition) is 7. The maximum atomic E-state index is 5.71. The molecule has 0 fully saturated rings. The van der Waals surface area contributed by atoms with Gasteiger partial charge in [0.1, 0.15) is 11.5 Å². The molecular formula is C17H18N2O3S2. The van der Waals surface area contributed by atoms with Gasteiger partial charge in [-0.05, 0) is 42.6 Å². The molecule has 1 aromatic carbocycles. The Balaban J connectivity index is 1.44. The van der Waals surface area contributed by atoms with E-state index in [1.165, 1.54) is 0 Å². The highest BCUT2D eigenvalue weighted by Crippen LogP contribution is 2.29. The maximum absolute atomic E-state index is 5.71. The first kappa shape index (κ1) is 16.9. The summed E-state index contributed by atoms with van der Waals surface area (Å²) in [6.45, 7) is 2.68. The van der Waals surface area contributed by atoms with Crippen LogP contribution in [0.25, 0.3) is 10.7 Å². The van der Waals surface area contributed by atoms with Crippen molar-refractivity contribution in [2.45, 2.75) is 12.2 Å². The van der Waals surface area contributed by atoms with Crippen LogP contribution in [0.5, 0.6) is 11.5 Å². The number of ether oxygens (including phenoxy) is 2. The fraction of sp³-hybridized carbons (Fsp3) is 0.294. The fourth-order valence-corrected chi connectivity index (χ4v) is 3.45. The summed E-state index contributed by atoms with van der Waals surface area (Å²) >= 11 is 3.33. The number of thioether (sulfide) groups is 1. The number of aromatic nitrogens is 2. The van der Waals surface area contributed by atoms with Crippen LogP contribution in [0.1, 0.15) is 18.1 Å². The van der Waals surface area contributed by atoms with E-state index in [4.69, 9.17) is 14.0 Å². The van der Waals surface area contributed by atoms with Crippen LogP contribution in [0.2, 0.25) is 0 Å². The molecule has 0 amide bonds. The smallest absolute Gasteiger partial charge is 0.239 e. The maximum Gasteiger partial charge on any atom is 0.239 e. The van der Waals surface area contributed by atoms with E-state index in [1.807, 2.05) is 41.8 Å². The first-order valence-electron chi connectivity index (χ1n) is 7.52. The molecule has 5 nitrogen and oxygen atoms in total. The molecular weight excluding hydrogens is 344 g/mol. The topological polar surface area (TPSA) is 57.4 Å². The second kappa shape index (κ2) is 8.21. The van der Waals surface area contributed by atoms with E-state index in [1.54, 1.807) is 30.2 Å². The van der Waals surface area contributed by atoms with Gasteiger partial charge in [0.25, 0.3) is 0 Å². The van der Waals surface area contributed by atoms with Gasteiger partial charge in [-0.1, -0.05) is 11.2 Å². The molecule has 24 heavy (non-hydrogen) atoms. The van der Waals surface area contributed by atoms with E-state index >= 15 is 0 Å². The molecule has 1 unspecified atom stereocenters. The van der Waals surface area contributed by atoms with Crippen LogP contribution >= 0.6 is 23.1 Å². The van der Waals surface area contributed by atoms with E-state index in [2.05, 4.69) is 17.1 Å². The Hall–Kier alpha value is -1.99. The van der Waals surface area contributed by atoms with Crippen LogP contribution in [0.15, 0.2) is 46.3 Å². The molecule has 0 aliphatic heterocycles. The Labute approximate surface area is 149 Å². The molecule has 3 rings (SSSR count). The third-order valence-electron chi connectivity index (χ3n) is 3.31. The first-order valence-corrected chi connectivity index (χ1v) is 9.45. The summed E-state index contributed by atoms with van der Waals surface area (Å²) in [5, 5.41) is 6.17. The van der Waals surface area contributed by atoms with E-state index in [-0.39, 0.29) is 5.25 Å². The lowest BCUT2D eigenvalue weighted by Gasteiger charge is -2.09. The molecule has 2 heterocycles. The summed E-state index contributed by atoms with van der Waals surface area (Å²) < 4.78 is 16.2. The number of rotatable bonds is 8. The molecule has 0 aliphatic rings. The van der Waals surface area contributed by atoms with Crippen LogP contribution in [0, 0.1) is 0 Å². The molecule has 3 aromatic rings. The number of benzene rings is 1. The summed E-state index contributed by atoms with van der Waals surface area (Å²) in [5.41, 5.74) is 0. The Kier molecular flexibility index (Phi) is 5.77. The van der Waals surface area contributed by atoms with Gasteiger partial charge < -0.3 is 14.0 Å². The van der Waals surface area contributed by atoms with Crippen LogP contribution in [0.4, 0.5) is 0 Å². The molecule has 0 bridgehead atoms. The Morgan fingerprint density at radius 1 is 1.21 bits per heavy atom. The molecule has 0 aliphatic carbocycles. The number of hydrogen-bond donors (Lipinski definition) is 0. The summed E-state index contributed by atoms with van der Waals surface area (Å²) in [5.74, 6) is 3.80. The Morgan fingerprint density at radius 2 is 2.00 bits per heavy atom. The third-order valence-corrected chi connectivity index (χ3v) is 5.28. The van der Waals surface area contributed by atoms with Crippen molar-refractivity contribution in [3.63, 3.8) is 0 Å². The van der Waals surface area contributed by atoms with E-state index in [0.717, 1.165) is 22.1 Å². The minimum absolute atomic E-state index is 0.130. The molecule has 7 heteroatoms. The van der Waals surface area contributed by atoms with Gasteiger partial charge in [-0.15, -0.1) is 23.1 Å². The molecule has 0 spiro atoms. The zero-order valence-corrected chi connectivity index (χ0v) is 15.1. The summed E-state index contributed by atoms with van der Waals surface area (Å²) in [6.07, 6.45) is 0. The zero-order chi connectivity index (χ0) is 16.8. The highest BCUT2D eigenvalue weighted by Gasteiger charge is 2.16. The van der Waals surface area contributed by atoms with Crippen molar-refractivity contribution in [2.24, 2.45) is 0 Å². The van der Waals surface area contributed by atoms with Crippen molar-refractivity contribution in [3.8, 4) is 22.2 Å². The minimum Gasteiger partial charge on any atom is -0.497 e. The summed E-state index contributed by atoms with van der Waals surface area (Å²) in [4.78, 5) is 5.48. The molecule has 126 valence electrons. The number of nitrogens with zero attached hydrogens (tertiary/aromatic N) is 2. The third kappa shape index (κ3) is 4.30. The monoisotopic (exact) mass is 362 g/mol. The molecule has 2 aromatic heterocycles. The van der Waals surface area contributed by atoms with Crippen LogP contribution < -0.4 is 9.47 Å². The molecule has 1 atom stereocenters. The van der Waals surface area contributed by atoms with Gasteiger partial charge >= 0.3 is 0 Å². The lowest BCUT2D eigenvalue weighted by molar-refractivity contribution is 0.342. The molecule has 0 saturated carbocycles. The predicted molar refractivity (Wildman–Crippen MR) is 97.0 cm³/mol. The van der Waals surface area contributed by atoms with Crippen LogP contribution in [0.3, 0.4) is 0 Å². The fourth-order valence-electron chi connectivity index (χ4n) is 2.03. The van der Waals surface area contributed by atoms with Gasteiger partial charge in [0.2, 0.25) is 11.7 Å². The van der Waals surface area contributed by atoms with Gasteiger partial charge in [-0.25, -0.2) is 0 Å². The van der Waals surface area contributed by atoms with Crippen LogP contribution in [-0.4, -0.2) is 29.6 Å². The lowest BCUT2D eigenvalue weighted by atomic mass is 10.3. The number of thiophene rings is 1. The second-order valence-corrected chi connectivity index (χ2v) is 7.37. The average molecular weight is 362 g/mol. The van der Waals surface area contributed by atoms with Crippen molar-refractivity contribution in [1.29, 1.82) is 0 Å². The second-order valence-electron chi connectivity index (χ2n) is 4.97. The standard InChI is InChI=1S/C17H18N2O3S2/c1-12(17-18-16(19-22-17)15-4-3-10-24-15)23-11-9-21-14-7-5-13(20-2)6-8-14/h3-8,10,12H,9,11H2,1-2H3. The van der Waals surface area contributed by atoms with Crippen molar-refractivity contribution in [2.75, 3.05) is 19.5 Å². The van der Waals surface area contributed by atoms with Crippen molar-refractivity contribution < 1.29 is 14.0 Å². The molecule has 0 saturated heterocycles. The van der Waals surface area contributed by atoms with Crippen molar-refractivity contribution in [3.05, 3.63) is 47.7 Å². The molecule has 0 radical (unpaired) electrons. The predicted octanol–water partition coefficient (Wildman–Crippen LogP) is 4.68. The summed E-state index contributed by atoms with van der Waals surface area (Å²) in [7, 11) is 1.65. The number of methoxy groups -OCH3 is 1. The lowest BCUT2D eigenvalue weighted by Crippen LogP contribution is -2.02. The Bertz CT molecular complexity index is 742. The average Bonchev–Trinajstić information content (AvgIpc) is 3.30. The van der Waals surface area contributed by atoms with Gasteiger partial charge in [-0.2, -0.15) is 4.98 Å². The van der Waals surface area contributed by atoms with Crippen molar-refractivity contribution in [1.82, 2.24) is 10.1 Å². The first-order chi connectivity index (χ1) is 11.8. The normalized spacial score (nSPS) is 12.1. The van der Waals surface area contributed by atoms with E-state index in [0.29, 0.717) is 18.3 Å². The SMILES string of the molecule is COc1ccc(OCCSC(C)c2nc(-c3cccs3)no2)cc1. The quantitative estimate of drug-likeness (QED) is 0.542. The van der Waals surface area contributed by atoms with Gasteiger partial charge in [0.05, 0.1) is 23.8 Å². The summed E-state index contributed by atoms with van der Waals surface area (Å²) in [6, 6.07) is 11.5. The minimum atomic E-state index is 0.130. The highest BCUT2D eigenvalue weighted by molar-refractivity contribution is 7.99. The van der Waals surface area contributed by atoms with Crippen molar-refractivity contribution >= 4 is 23.1 Å². The van der Waals surface area contributed by atoms with E-state index < -0.39 is 0 Å². The Morgan fingerprint density at radius 3 is 2.71 bits per heavy atom. The van der Waals surface area contributed by atoms with E-state index in [9.17, 15) is 0 Å².